The molecule has 5 heteroatoms. The highest BCUT2D eigenvalue weighted by molar-refractivity contribution is 5.80. The molecule has 110 valence electrons. The summed E-state index contributed by atoms with van der Waals surface area (Å²) in [4.78, 5) is 14.4. The van der Waals surface area contributed by atoms with Crippen molar-refractivity contribution in [1.82, 2.24) is 10.2 Å². The van der Waals surface area contributed by atoms with Crippen LogP contribution in [0.15, 0.2) is 0 Å². The molecule has 0 aromatic heterocycles. The zero-order valence-electron chi connectivity index (χ0n) is 12.3. The largest absolute Gasteiger partial charge is 0.468 e. The first-order valence-electron chi connectivity index (χ1n) is 7.18. The van der Waals surface area contributed by atoms with Crippen molar-refractivity contribution in [3.63, 3.8) is 0 Å². The molecule has 1 aliphatic heterocycles. The number of nitrogens with zero attached hydrogens (tertiary/aromatic N) is 1. The van der Waals surface area contributed by atoms with Crippen LogP contribution < -0.4 is 5.32 Å². The molecule has 5 nitrogen and oxygen atoms in total. The van der Waals surface area contributed by atoms with Gasteiger partial charge in [-0.25, -0.2) is 0 Å². The average Bonchev–Trinajstić information content (AvgIpc) is 3.09. The number of carbonyl (C=O) groups is 1. The van der Waals surface area contributed by atoms with Gasteiger partial charge in [0.2, 0.25) is 0 Å². The van der Waals surface area contributed by atoms with Crippen LogP contribution in [0.3, 0.4) is 0 Å². The van der Waals surface area contributed by atoms with Gasteiger partial charge in [0.25, 0.3) is 0 Å². The zero-order valence-corrected chi connectivity index (χ0v) is 12.3. The summed E-state index contributed by atoms with van der Waals surface area (Å²) in [6, 6.07) is 0.495. The standard InChI is InChI=1S/C14H26N2O3/c1-14(13(17)19-3,15-11-4-5-11)7-9-16-8-6-12(10-16)18-2/h11-12,15H,4-10H2,1-3H3. The molecule has 0 radical (unpaired) electrons. The molecule has 1 heterocycles. The second kappa shape index (κ2) is 6.20. The lowest BCUT2D eigenvalue weighted by Crippen LogP contribution is -2.52. The van der Waals surface area contributed by atoms with Crippen LogP contribution >= 0.6 is 0 Å². The lowest BCUT2D eigenvalue weighted by molar-refractivity contribution is -0.148. The van der Waals surface area contributed by atoms with Gasteiger partial charge in [-0.1, -0.05) is 0 Å². The summed E-state index contributed by atoms with van der Waals surface area (Å²) in [6.07, 6.45) is 4.55. The van der Waals surface area contributed by atoms with Crippen molar-refractivity contribution in [2.75, 3.05) is 33.9 Å². The SMILES string of the molecule is COC(=O)C(C)(CCN1CCC(OC)C1)NC1CC1. The van der Waals surface area contributed by atoms with Gasteiger partial charge in [0.05, 0.1) is 13.2 Å². The predicted octanol–water partition coefficient (Wildman–Crippen LogP) is 0.781. The van der Waals surface area contributed by atoms with Gasteiger partial charge >= 0.3 is 5.97 Å². The number of carbonyl (C=O) groups excluding carboxylic acids is 1. The Kier molecular flexibility index (Phi) is 4.81. The van der Waals surface area contributed by atoms with Gasteiger partial charge in [0.1, 0.15) is 5.54 Å². The summed E-state index contributed by atoms with van der Waals surface area (Å²) in [5, 5.41) is 3.43. The maximum atomic E-state index is 12.0. The number of likely N-dealkylation sites (tertiary alicyclic amines) is 1. The molecule has 0 aromatic carbocycles. The summed E-state index contributed by atoms with van der Waals surface area (Å²) >= 11 is 0. The molecule has 0 aromatic rings. The maximum absolute atomic E-state index is 12.0. The molecular formula is C14H26N2O3. The Morgan fingerprint density at radius 3 is 2.63 bits per heavy atom. The first-order chi connectivity index (χ1) is 9.07. The predicted molar refractivity (Wildman–Crippen MR) is 73.0 cm³/mol. The van der Waals surface area contributed by atoms with Crippen molar-refractivity contribution in [3.8, 4) is 0 Å². The number of rotatable bonds is 7. The van der Waals surface area contributed by atoms with Gasteiger partial charge in [-0.3, -0.25) is 10.1 Å². The van der Waals surface area contributed by atoms with E-state index in [1.807, 2.05) is 6.92 Å². The number of methoxy groups -OCH3 is 2. The van der Waals surface area contributed by atoms with Gasteiger partial charge in [-0.15, -0.1) is 0 Å². The number of hydrogen-bond acceptors (Lipinski definition) is 5. The van der Waals surface area contributed by atoms with Crippen LogP contribution in [0.5, 0.6) is 0 Å². The van der Waals surface area contributed by atoms with E-state index in [1.54, 1.807) is 7.11 Å². The number of hydrogen-bond donors (Lipinski definition) is 1. The van der Waals surface area contributed by atoms with E-state index in [1.165, 1.54) is 20.0 Å². The quantitative estimate of drug-likeness (QED) is 0.693. The van der Waals surface area contributed by atoms with Crippen molar-refractivity contribution < 1.29 is 14.3 Å². The third-order valence-corrected chi connectivity index (χ3v) is 4.23. The highest BCUT2D eigenvalue weighted by Crippen LogP contribution is 2.25. The van der Waals surface area contributed by atoms with Crippen LogP contribution in [-0.2, 0) is 14.3 Å². The monoisotopic (exact) mass is 270 g/mol. The Morgan fingerprint density at radius 2 is 2.11 bits per heavy atom. The van der Waals surface area contributed by atoms with Crippen molar-refractivity contribution in [2.45, 2.75) is 50.3 Å². The Hall–Kier alpha value is -0.650. The number of nitrogens with one attached hydrogen (secondary N) is 1. The Labute approximate surface area is 115 Å². The lowest BCUT2D eigenvalue weighted by atomic mass is 9.97. The van der Waals surface area contributed by atoms with Gasteiger partial charge in [-0.05, 0) is 32.6 Å². The zero-order chi connectivity index (χ0) is 13.9. The van der Waals surface area contributed by atoms with Crippen LogP contribution in [0.4, 0.5) is 0 Å². The molecule has 0 spiro atoms. The molecule has 19 heavy (non-hydrogen) atoms. The number of ether oxygens (including phenoxy) is 2. The average molecular weight is 270 g/mol. The van der Waals surface area contributed by atoms with Gasteiger partial charge in [-0.2, -0.15) is 0 Å². The highest BCUT2D eigenvalue weighted by Gasteiger charge is 2.39. The molecule has 0 bridgehead atoms. The van der Waals surface area contributed by atoms with E-state index in [9.17, 15) is 4.79 Å². The summed E-state index contributed by atoms with van der Waals surface area (Å²) < 4.78 is 10.3. The molecule has 2 atom stereocenters. The molecule has 2 rings (SSSR count). The van der Waals surface area contributed by atoms with Gasteiger partial charge in [0, 0.05) is 32.8 Å². The summed E-state index contributed by atoms with van der Waals surface area (Å²) in [7, 11) is 3.23. The summed E-state index contributed by atoms with van der Waals surface area (Å²) in [5.74, 6) is -0.151. The van der Waals surface area contributed by atoms with Crippen LogP contribution in [0.1, 0.15) is 32.6 Å². The van der Waals surface area contributed by atoms with E-state index in [0.29, 0.717) is 12.1 Å². The second-order valence-corrected chi connectivity index (χ2v) is 5.94. The Morgan fingerprint density at radius 1 is 1.37 bits per heavy atom. The fraction of sp³-hybridized carbons (Fsp3) is 0.929. The molecular weight excluding hydrogens is 244 g/mol. The van der Waals surface area contributed by atoms with E-state index in [4.69, 9.17) is 9.47 Å². The maximum Gasteiger partial charge on any atom is 0.325 e. The molecule has 2 fully saturated rings. The van der Waals surface area contributed by atoms with Crippen molar-refractivity contribution in [3.05, 3.63) is 0 Å². The molecule has 1 aliphatic carbocycles. The summed E-state index contributed by atoms with van der Waals surface area (Å²) in [5.41, 5.74) is -0.554. The Bertz CT molecular complexity index is 320. The highest BCUT2D eigenvalue weighted by atomic mass is 16.5. The lowest BCUT2D eigenvalue weighted by Gasteiger charge is -2.30. The van der Waals surface area contributed by atoms with Crippen molar-refractivity contribution in [1.29, 1.82) is 0 Å². The van der Waals surface area contributed by atoms with E-state index in [0.717, 1.165) is 32.5 Å². The first-order valence-corrected chi connectivity index (χ1v) is 7.18. The summed E-state index contributed by atoms with van der Waals surface area (Å²) in [6.45, 7) is 4.89. The first kappa shape index (κ1) is 14.8. The van der Waals surface area contributed by atoms with Crippen LogP contribution in [0, 0.1) is 0 Å². The molecule has 2 aliphatic rings. The third-order valence-electron chi connectivity index (χ3n) is 4.23. The topological polar surface area (TPSA) is 50.8 Å². The van der Waals surface area contributed by atoms with Crippen LogP contribution in [-0.4, -0.2) is 62.4 Å². The molecule has 1 N–H and O–H groups in total. The van der Waals surface area contributed by atoms with E-state index >= 15 is 0 Å². The van der Waals surface area contributed by atoms with E-state index < -0.39 is 5.54 Å². The van der Waals surface area contributed by atoms with Crippen molar-refractivity contribution >= 4 is 5.97 Å². The van der Waals surface area contributed by atoms with Gasteiger partial charge < -0.3 is 14.4 Å². The minimum Gasteiger partial charge on any atom is -0.468 e. The van der Waals surface area contributed by atoms with E-state index in [2.05, 4.69) is 10.2 Å². The molecule has 2 unspecified atom stereocenters. The smallest absolute Gasteiger partial charge is 0.325 e. The second-order valence-electron chi connectivity index (χ2n) is 5.94. The Balaban J connectivity index is 1.84. The molecule has 1 saturated heterocycles. The number of esters is 1. The van der Waals surface area contributed by atoms with Gasteiger partial charge in [0.15, 0.2) is 0 Å². The minimum atomic E-state index is -0.554. The van der Waals surface area contributed by atoms with Crippen LogP contribution in [0.2, 0.25) is 0 Å². The molecule has 1 saturated carbocycles. The van der Waals surface area contributed by atoms with Crippen molar-refractivity contribution in [2.24, 2.45) is 0 Å². The normalized spacial score (nSPS) is 27.2. The fourth-order valence-corrected chi connectivity index (χ4v) is 2.71. The van der Waals surface area contributed by atoms with Crippen LogP contribution in [0.25, 0.3) is 0 Å². The molecule has 0 amide bonds. The third kappa shape index (κ3) is 3.91. The minimum absolute atomic E-state index is 0.151. The fourth-order valence-electron chi connectivity index (χ4n) is 2.71. The van der Waals surface area contributed by atoms with E-state index in [-0.39, 0.29) is 5.97 Å².